The molecule has 0 radical (unpaired) electrons. The number of aromatic amines is 1. The number of nitrogens with one attached hydrogen (secondary N) is 2. The Morgan fingerprint density at radius 1 is 1.09 bits per heavy atom. The van der Waals surface area contributed by atoms with E-state index in [1.165, 1.54) is 0 Å². The second kappa shape index (κ2) is 5.87. The van der Waals surface area contributed by atoms with Crippen molar-refractivity contribution < 1.29 is 4.79 Å². The molecule has 0 aliphatic heterocycles. The van der Waals surface area contributed by atoms with Crippen LogP contribution in [0.4, 0.5) is 5.69 Å². The number of halogens is 1. The van der Waals surface area contributed by atoms with E-state index in [0.717, 1.165) is 4.68 Å². The second-order valence-corrected chi connectivity index (χ2v) is 4.87. The van der Waals surface area contributed by atoms with Crippen LogP contribution in [0.1, 0.15) is 10.6 Å². The summed E-state index contributed by atoms with van der Waals surface area (Å²) in [6, 6.07) is 15.6. The lowest BCUT2D eigenvalue weighted by molar-refractivity contribution is 0.101. The first kappa shape index (κ1) is 14.1. The molecule has 22 heavy (non-hydrogen) atoms. The number of aromatic nitrogens is 3. The highest BCUT2D eigenvalue weighted by atomic mass is 35.5. The summed E-state index contributed by atoms with van der Waals surface area (Å²) in [6.45, 7) is 0. The van der Waals surface area contributed by atoms with Crippen molar-refractivity contribution in [2.24, 2.45) is 0 Å². The maximum Gasteiger partial charge on any atom is 0.348 e. The number of H-pyrrole nitrogens is 1. The topological polar surface area (TPSA) is 79.8 Å². The summed E-state index contributed by atoms with van der Waals surface area (Å²) >= 11 is 5.98. The Kier molecular flexibility index (Phi) is 3.76. The van der Waals surface area contributed by atoms with Crippen LogP contribution in [0.25, 0.3) is 5.69 Å². The van der Waals surface area contributed by atoms with Gasteiger partial charge in [-0.25, -0.2) is 4.79 Å². The van der Waals surface area contributed by atoms with Crippen molar-refractivity contribution in [2.45, 2.75) is 0 Å². The molecule has 0 fully saturated rings. The van der Waals surface area contributed by atoms with E-state index in [1.54, 1.807) is 48.5 Å². The number of hydrogen-bond donors (Lipinski definition) is 2. The minimum atomic E-state index is -0.542. The molecule has 7 heteroatoms. The number of benzene rings is 2. The molecule has 0 atom stereocenters. The van der Waals surface area contributed by atoms with E-state index < -0.39 is 11.6 Å². The molecular formula is C15H11ClN4O2. The number of para-hydroxylation sites is 2. The average Bonchev–Trinajstić information content (AvgIpc) is 2.92. The second-order valence-electron chi connectivity index (χ2n) is 4.46. The maximum absolute atomic E-state index is 12.1. The van der Waals surface area contributed by atoms with Gasteiger partial charge in [-0.1, -0.05) is 41.9 Å². The summed E-state index contributed by atoms with van der Waals surface area (Å²) in [4.78, 5) is 26.5. The molecule has 0 bridgehead atoms. The van der Waals surface area contributed by atoms with E-state index in [9.17, 15) is 9.59 Å². The third kappa shape index (κ3) is 2.77. The fraction of sp³-hybridized carbons (Fsp3) is 0. The predicted molar refractivity (Wildman–Crippen MR) is 83.6 cm³/mol. The van der Waals surface area contributed by atoms with Crippen LogP contribution in [0, 0.1) is 0 Å². The first-order valence-corrected chi connectivity index (χ1v) is 6.83. The smallest absolute Gasteiger partial charge is 0.318 e. The Balaban J connectivity index is 1.89. The van der Waals surface area contributed by atoms with Gasteiger partial charge in [0, 0.05) is 0 Å². The van der Waals surface area contributed by atoms with Crippen LogP contribution in [-0.4, -0.2) is 20.7 Å². The summed E-state index contributed by atoms with van der Waals surface area (Å²) in [5, 5.41) is 7.00. The molecule has 3 rings (SSSR count). The summed E-state index contributed by atoms with van der Waals surface area (Å²) in [6.07, 6.45) is 0. The minimum Gasteiger partial charge on any atom is -0.318 e. The van der Waals surface area contributed by atoms with Crippen LogP contribution in [0.15, 0.2) is 59.4 Å². The van der Waals surface area contributed by atoms with Crippen LogP contribution in [0.3, 0.4) is 0 Å². The molecule has 0 aliphatic carbocycles. The largest absolute Gasteiger partial charge is 0.348 e. The van der Waals surface area contributed by atoms with Crippen molar-refractivity contribution in [2.75, 3.05) is 5.32 Å². The van der Waals surface area contributed by atoms with Gasteiger partial charge in [0.1, 0.15) is 0 Å². The average molecular weight is 315 g/mol. The fourth-order valence-electron chi connectivity index (χ4n) is 1.92. The zero-order valence-corrected chi connectivity index (χ0v) is 12.0. The van der Waals surface area contributed by atoms with Crippen molar-refractivity contribution in [1.82, 2.24) is 14.8 Å². The summed E-state index contributed by atoms with van der Waals surface area (Å²) in [5.74, 6) is -0.631. The highest BCUT2D eigenvalue weighted by Gasteiger charge is 2.15. The molecular weight excluding hydrogens is 304 g/mol. The zero-order chi connectivity index (χ0) is 15.5. The van der Waals surface area contributed by atoms with Gasteiger partial charge in [-0.15, -0.1) is 5.10 Å². The molecule has 0 saturated carbocycles. The van der Waals surface area contributed by atoms with E-state index >= 15 is 0 Å². The van der Waals surface area contributed by atoms with E-state index in [-0.39, 0.29) is 5.82 Å². The van der Waals surface area contributed by atoms with Crippen LogP contribution in [0.2, 0.25) is 5.02 Å². The molecule has 6 nitrogen and oxygen atoms in total. The van der Waals surface area contributed by atoms with E-state index in [0.29, 0.717) is 16.4 Å². The molecule has 2 aromatic carbocycles. The van der Waals surface area contributed by atoms with Crippen LogP contribution < -0.4 is 11.0 Å². The highest BCUT2D eigenvalue weighted by molar-refractivity contribution is 6.33. The first-order chi connectivity index (χ1) is 10.6. The van der Waals surface area contributed by atoms with Gasteiger partial charge in [-0.2, -0.15) is 4.68 Å². The number of carbonyl (C=O) groups is 1. The zero-order valence-electron chi connectivity index (χ0n) is 11.3. The van der Waals surface area contributed by atoms with E-state index in [4.69, 9.17) is 11.6 Å². The Morgan fingerprint density at radius 3 is 2.50 bits per heavy atom. The maximum atomic E-state index is 12.1. The van der Waals surface area contributed by atoms with Crippen molar-refractivity contribution >= 4 is 23.2 Å². The van der Waals surface area contributed by atoms with Gasteiger partial charge < -0.3 is 5.32 Å². The van der Waals surface area contributed by atoms with Crippen molar-refractivity contribution in [3.8, 4) is 5.69 Å². The molecule has 2 N–H and O–H groups in total. The molecule has 0 spiro atoms. The monoisotopic (exact) mass is 314 g/mol. The lowest BCUT2D eigenvalue weighted by Crippen LogP contribution is -2.15. The Morgan fingerprint density at radius 2 is 1.77 bits per heavy atom. The molecule has 1 amide bonds. The molecule has 0 saturated heterocycles. The molecule has 1 heterocycles. The van der Waals surface area contributed by atoms with E-state index in [2.05, 4.69) is 15.4 Å². The Hall–Kier alpha value is -2.86. The SMILES string of the molecule is O=C(Nc1ccccc1Cl)c1nn(-c2ccccc2)c(=O)[nH]1. The van der Waals surface area contributed by atoms with Gasteiger partial charge in [-0.05, 0) is 24.3 Å². The van der Waals surface area contributed by atoms with Gasteiger partial charge in [0.25, 0.3) is 5.91 Å². The van der Waals surface area contributed by atoms with Gasteiger partial charge in [0.15, 0.2) is 0 Å². The van der Waals surface area contributed by atoms with Crippen LogP contribution in [-0.2, 0) is 0 Å². The van der Waals surface area contributed by atoms with Gasteiger partial charge in [0.05, 0.1) is 16.4 Å². The Bertz CT molecular complexity index is 871. The number of carbonyl (C=O) groups excluding carboxylic acids is 1. The summed E-state index contributed by atoms with van der Waals surface area (Å²) < 4.78 is 1.13. The van der Waals surface area contributed by atoms with Crippen molar-refractivity contribution in [1.29, 1.82) is 0 Å². The number of nitrogens with zero attached hydrogens (tertiary/aromatic N) is 2. The number of rotatable bonds is 3. The van der Waals surface area contributed by atoms with Crippen LogP contribution in [0.5, 0.6) is 0 Å². The van der Waals surface area contributed by atoms with Gasteiger partial charge in [-0.3, -0.25) is 9.78 Å². The normalized spacial score (nSPS) is 10.4. The number of hydrogen-bond acceptors (Lipinski definition) is 3. The highest BCUT2D eigenvalue weighted by Crippen LogP contribution is 2.20. The summed E-state index contributed by atoms with van der Waals surface area (Å²) in [7, 11) is 0. The molecule has 3 aromatic rings. The van der Waals surface area contributed by atoms with Crippen molar-refractivity contribution in [3.63, 3.8) is 0 Å². The Labute approximate surface area is 130 Å². The molecule has 0 unspecified atom stereocenters. The lowest BCUT2D eigenvalue weighted by Gasteiger charge is -2.04. The third-order valence-electron chi connectivity index (χ3n) is 2.96. The van der Waals surface area contributed by atoms with Gasteiger partial charge in [0.2, 0.25) is 5.82 Å². The summed E-state index contributed by atoms with van der Waals surface area (Å²) in [5.41, 5.74) is 0.528. The van der Waals surface area contributed by atoms with Crippen LogP contribution >= 0.6 is 11.6 Å². The first-order valence-electron chi connectivity index (χ1n) is 6.46. The third-order valence-corrected chi connectivity index (χ3v) is 3.29. The fourth-order valence-corrected chi connectivity index (χ4v) is 2.10. The predicted octanol–water partition coefficient (Wildman–Crippen LogP) is 2.47. The number of anilines is 1. The molecule has 1 aromatic heterocycles. The van der Waals surface area contributed by atoms with E-state index in [1.807, 2.05) is 6.07 Å². The molecule has 0 aliphatic rings. The lowest BCUT2D eigenvalue weighted by atomic mass is 10.3. The number of amides is 1. The molecule has 110 valence electrons. The standard InChI is InChI=1S/C15H11ClN4O2/c16-11-8-4-5-9-12(11)17-14(21)13-18-15(22)20(19-13)10-6-2-1-3-7-10/h1-9H,(H,17,21)(H,18,19,22). The quantitative estimate of drug-likeness (QED) is 0.779. The van der Waals surface area contributed by atoms with Gasteiger partial charge >= 0.3 is 5.69 Å². The minimum absolute atomic E-state index is 0.0891. The van der Waals surface area contributed by atoms with Crippen molar-refractivity contribution in [3.05, 3.63) is 75.9 Å².